The summed E-state index contributed by atoms with van der Waals surface area (Å²) in [7, 11) is 0. The van der Waals surface area contributed by atoms with E-state index in [1.807, 2.05) is 39.0 Å². The molecule has 2 unspecified atom stereocenters. The molecule has 2 fully saturated rings. The molecule has 2 bridgehead atoms. The number of hydrogen-bond donors (Lipinski definition) is 2. The Labute approximate surface area is 150 Å². The normalized spacial score (nSPS) is 22.8. The van der Waals surface area contributed by atoms with Crippen LogP contribution < -0.4 is 10.6 Å². The first-order valence-corrected chi connectivity index (χ1v) is 9.39. The smallest absolute Gasteiger partial charge is 0.254 e. The molecule has 2 N–H and O–H groups in total. The van der Waals surface area contributed by atoms with Crippen LogP contribution >= 0.6 is 0 Å². The van der Waals surface area contributed by atoms with Gasteiger partial charge in [0.1, 0.15) is 0 Å². The van der Waals surface area contributed by atoms with Crippen LogP contribution in [0.2, 0.25) is 0 Å². The van der Waals surface area contributed by atoms with Crippen molar-refractivity contribution in [2.75, 3.05) is 18.4 Å². The number of hydrogen-bond acceptors (Lipinski definition) is 3. The first kappa shape index (κ1) is 17.9. The quantitative estimate of drug-likeness (QED) is 0.883. The van der Waals surface area contributed by atoms with Gasteiger partial charge in [-0.25, -0.2) is 0 Å². The van der Waals surface area contributed by atoms with Gasteiger partial charge in [0.15, 0.2) is 0 Å². The molecule has 1 aromatic rings. The zero-order valence-electron chi connectivity index (χ0n) is 15.5. The van der Waals surface area contributed by atoms with E-state index < -0.39 is 0 Å². The lowest BCUT2D eigenvalue weighted by Gasteiger charge is -2.28. The molecule has 0 aromatic heterocycles. The summed E-state index contributed by atoms with van der Waals surface area (Å²) in [5.41, 5.74) is 2.45. The average molecular weight is 343 g/mol. The molecule has 5 nitrogen and oxygen atoms in total. The SMILES string of the molecule is Cc1cc(C(=O)N2C3CCNCC2CC3)ccc1NC(=O)CC(C)C. The van der Waals surface area contributed by atoms with Crippen molar-refractivity contribution in [3.8, 4) is 0 Å². The van der Waals surface area contributed by atoms with Gasteiger partial charge in [-0.1, -0.05) is 13.8 Å². The molecule has 2 atom stereocenters. The number of anilines is 1. The molecule has 2 saturated heterocycles. The number of carbonyl (C=O) groups is 2. The van der Waals surface area contributed by atoms with Crippen LogP contribution in [0, 0.1) is 12.8 Å². The van der Waals surface area contributed by atoms with Crippen molar-refractivity contribution in [1.29, 1.82) is 0 Å². The number of carbonyl (C=O) groups excluding carboxylic acids is 2. The summed E-state index contributed by atoms with van der Waals surface area (Å²) in [5, 5.41) is 6.38. The number of nitrogens with zero attached hydrogens (tertiary/aromatic N) is 1. The Bertz CT molecular complexity index is 642. The zero-order valence-corrected chi connectivity index (χ0v) is 15.5. The van der Waals surface area contributed by atoms with Gasteiger partial charge in [0.05, 0.1) is 0 Å². The molecule has 0 spiro atoms. The van der Waals surface area contributed by atoms with Crippen molar-refractivity contribution >= 4 is 17.5 Å². The first-order chi connectivity index (χ1) is 12.0. The molecule has 0 aliphatic carbocycles. The number of rotatable bonds is 4. The van der Waals surface area contributed by atoms with Crippen molar-refractivity contribution in [3.05, 3.63) is 29.3 Å². The second kappa shape index (κ2) is 7.56. The Kier molecular flexibility index (Phi) is 5.42. The molecule has 2 aliphatic heterocycles. The maximum absolute atomic E-state index is 13.1. The van der Waals surface area contributed by atoms with Crippen molar-refractivity contribution in [3.63, 3.8) is 0 Å². The second-order valence-electron chi connectivity index (χ2n) is 7.77. The first-order valence-electron chi connectivity index (χ1n) is 9.39. The van der Waals surface area contributed by atoms with Gasteiger partial charge in [0.25, 0.3) is 5.91 Å². The highest BCUT2D eigenvalue weighted by molar-refractivity contribution is 5.97. The van der Waals surface area contributed by atoms with Crippen molar-refractivity contribution in [1.82, 2.24) is 10.2 Å². The van der Waals surface area contributed by atoms with E-state index in [1.165, 1.54) is 0 Å². The van der Waals surface area contributed by atoms with Gasteiger partial charge in [-0.2, -0.15) is 0 Å². The Balaban J connectivity index is 1.74. The van der Waals surface area contributed by atoms with E-state index in [0.717, 1.165) is 49.2 Å². The number of aryl methyl sites for hydroxylation is 1. The molecule has 2 heterocycles. The monoisotopic (exact) mass is 343 g/mol. The lowest BCUT2D eigenvalue weighted by atomic mass is 10.1. The Hall–Kier alpha value is -1.88. The van der Waals surface area contributed by atoms with Crippen molar-refractivity contribution < 1.29 is 9.59 Å². The standard InChI is InChI=1S/C20H29N3O2/c1-13(2)10-19(24)22-18-7-4-15(11-14(18)3)20(25)23-16-5-6-17(23)12-21-9-8-16/h4,7,11,13,16-17,21H,5-6,8-10,12H2,1-3H3,(H,22,24). The maximum atomic E-state index is 13.1. The predicted molar refractivity (Wildman–Crippen MR) is 99.7 cm³/mol. The maximum Gasteiger partial charge on any atom is 0.254 e. The van der Waals surface area contributed by atoms with E-state index in [0.29, 0.717) is 24.4 Å². The van der Waals surface area contributed by atoms with Crippen molar-refractivity contribution in [2.24, 2.45) is 5.92 Å². The largest absolute Gasteiger partial charge is 0.331 e. The van der Waals surface area contributed by atoms with Gasteiger partial charge in [-0.05, 0) is 62.4 Å². The van der Waals surface area contributed by atoms with Crippen LogP contribution in [0.5, 0.6) is 0 Å². The fraction of sp³-hybridized carbons (Fsp3) is 0.600. The summed E-state index contributed by atoms with van der Waals surface area (Å²) in [6, 6.07) is 6.28. The Morgan fingerprint density at radius 1 is 1.24 bits per heavy atom. The molecular formula is C20H29N3O2. The molecule has 0 saturated carbocycles. The molecular weight excluding hydrogens is 314 g/mol. The summed E-state index contributed by atoms with van der Waals surface area (Å²) in [5.74, 6) is 0.474. The molecule has 3 rings (SSSR count). The molecule has 136 valence electrons. The van der Waals surface area contributed by atoms with Gasteiger partial charge in [-0.15, -0.1) is 0 Å². The fourth-order valence-corrected chi connectivity index (χ4v) is 3.97. The van der Waals surface area contributed by atoms with Crippen LogP contribution in [-0.2, 0) is 4.79 Å². The number of fused-ring (bicyclic) bond motifs is 2. The minimum atomic E-state index is 0.0220. The predicted octanol–water partition coefficient (Wildman–Crippen LogP) is 2.95. The molecule has 5 heteroatoms. The molecule has 2 aliphatic rings. The Morgan fingerprint density at radius 3 is 2.72 bits per heavy atom. The van der Waals surface area contributed by atoms with Crippen molar-refractivity contribution in [2.45, 2.75) is 58.5 Å². The third kappa shape index (κ3) is 4.03. The summed E-state index contributed by atoms with van der Waals surface area (Å²) in [6.07, 6.45) is 3.74. The minimum absolute atomic E-state index is 0.0220. The molecule has 25 heavy (non-hydrogen) atoms. The van der Waals surface area contributed by atoms with E-state index >= 15 is 0 Å². The van der Waals surface area contributed by atoms with E-state index in [2.05, 4.69) is 15.5 Å². The number of amides is 2. The lowest BCUT2D eigenvalue weighted by Crippen LogP contribution is -2.42. The van der Waals surface area contributed by atoms with Crippen LogP contribution in [0.3, 0.4) is 0 Å². The summed E-state index contributed by atoms with van der Waals surface area (Å²) in [6.45, 7) is 7.88. The van der Waals surface area contributed by atoms with Crippen LogP contribution in [0.25, 0.3) is 0 Å². The van der Waals surface area contributed by atoms with Gasteiger partial charge >= 0.3 is 0 Å². The molecule has 1 aromatic carbocycles. The lowest BCUT2D eigenvalue weighted by molar-refractivity contribution is -0.116. The summed E-state index contributed by atoms with van der Waals surface area (Å²) < 4.78 is 0. The van der Waals surface area contributed by atoms with Gasteiger partial charge in [-0.3, -0.25) is 9.59 Å². The highest BCUT2D eigenvalue weighted by Crippen LogP contribution is 2.30. The van der Waals surface area contributed by atoms with Crippen LogP contribution in [0.1, 0.15) is 55.5 Å². The second-order valence-corrected chi connectivity index (χ2v) is 7.77. The number of benzene rings is 1. The zero-order chi connectivity index (χ0) is 18.0. The van der Waals surface area contributed by atoms with Crippen LogP contribution in [-0.4, -0.2) is 41.9 Å². The van der Waals surface area contributed by atoms with Gasteiger partial charge in [0.2, 0.25) is 5.91 Å². The fourth-order valence-electron chi connectivity index (χ4n) is 3.97. The third-order valence-corrected chi connectivity index (χ3v) is 5.23. The highest BCUT2D eigenvalue weighted by Gasteiger charge is 2.38. The molecule has 2 amide bonds. The van der Waals surface area contributed by atoms with E-state index in [1.54, 1.807) is 0 Å². The third-order valence-electron chi connectivity index (χ3n) is 5.23. The van der Waals surface area contributed by atoms with E-state index in [9.17, 15) is 9.59 Å². The van der Waals surface area contributed by atoms with Crippen LogP contribution in [0.4, 0.5) is 5.69 Å². The topological polar surface area (TPSA) is 61.4 Å². The summed E-state index contributed by atoms with van der Waals surface area (Å²) >= 11 is 0. The molecule has 0 radical (unpaired) electrons. The van der Waals surface area contributed by atoms with E-state index in [-0.39, 0.29) is 11.8 Å². The van der Waals surface area contributed by atoms with Gasteiger partial charge < -0.3 is 15.5 Å². The minimum Gasteiger partial charge on any atom is -0.331 e. The summed E-state index contributed by atoms with van der Waals surface area (Å²) in [4.78, 5) is 27.1. The number of nitrogens with one attached hydrogen (secondary N) is 2. The Morgan fingerprint density at radius 2 is 2.00 bits per heavy atom. The highest BCUT2D eigenvalue weighted by atomic mass is 16.2. The van der Waals surface area contributed by atoms with Gasteiger partial charge in [0, 0.05) is 36.3 Å². The average Bonchev–Trinajstić information content (AvgIpc) is 2.80. The van der Waals surface area contributed by atoms with Crippen LogP contribution in [0.15, 0.2) is 18.2 Å². The van der Waals surface area contributed by atoms with E-state index in [4.69, 9.17) is 0 Å².